The van der Waals surface area contributed by atoms with Gasteiger partial charge < -0.3 is 15.0 Å². The molecule has 2 heterocycles. The van der Waals surface area contributed by atoms with Crippen molar-refractivity contribution in [3.8, 4) is 5.75 Å². The number of nitrogens with zero attached hydrogens (tertiary/aromatic N) is 3. The lowest BCUT2D eigenvalue weighted by Gasteiger charge is -2.27. The quantitative estimate of drug-likeness (QED) is 0.596. The number of hydrogen-bond acceptors (Lipinski definition) is 4. The summed E-state index contributed by atoms with van der Waals surface area (Å²) in [6.45, 7) is 4.18. The monoisotopic (exact) mass is 452 g/mol. The van der Waals surface area contributed by atoms with Gasteiger partial charge in [-0.2, -0.15) is 5.10 Å². The second-order valence-electron chi connectivity index (χ2n) is 8.73. The molecule has 0 bridgehead atoms. The molecule has 33 heavy (non-hydrogen) atoms. The largest absolute Gasteiger partial charge is 0.486 e. The molecule has 0 radical (unpaired) electrons. The summed E-state index contributed by atoms with van der Waals surface area (Å²) in [5, 5.41) is 7.68. The lowest BCUT2D eigenvalue weighted by Crippen LogP contribution is -2.43. The number of nitrogens with one attached hydrogen (secondary N) is 1. The number of rotatable bonds is 7. The predicted molar refractivity (Wildman–Crippen MR) is 119 cm³/mol. The number of ether oxygens (including phenoxy) is 1. The van der Waals surface area contributed by atoms with Crippen molar-refractivity contribution >= 4 is 5.91 Å². The Labute approximate surface area is 191 Å². The normalized spacial score (nSPS) is 19.3. The molecule has 2 aliphatic rings. The third-order valence-electron chi connectivity index (χ3n) is 6.24. The summed E-state index contributed by atoms with van der Waals surface area (Å²) in [5.41, 5.74) is 3.39. The molecule has 2 aromatic carbocycles. The third kappa shape index (κ3) is 4.75. The van der Waals surface area contributed by atoms with E-state index in [0.29, 0.717) is 31.6 Å². The molecule has 1 aliphatic carbocycles. The van der Waals surface area contributed by atoms with Crippen LogP contribution in [-0.2, 0) is 24.5 Å². The van der Waals surface area contributed by atoms with Gasteiger partial charge in [0.05, 0.1) is 31.0 Å². The molecular formula is C25H26F2N4O2. The second kappa shape index (κ2) is 8.94. The average molecular weight is 453 g/mol. The summed E-state index contributed by atoms with van der Waals surface area (Å²) < 4.78 is 36.2. The molecule has 0 unspecified atom stereocenters. The fourth-order valence-electron chi connectivity index (χ4n) is 4.46. The molecule has 5 rings (SSSR count). The van der Waals surface area contributed by atoms with Crippen molar-refractivity contribution < 1.29 is 18.3 Å². The zero-order valence-corrected chi connectivity index (χ0v) is 18.4. The van der Waals surface area contributed by atoms with E-state index in [1.807, 2.05) is 52.9 Å². The molecule has 1 saturated carbocycles. The van der Waals surface area contributed by atoms with Crippen molar-refractivity contribution in [2.75, 3.05) is 13.1 Å². The van der Waals surface area contributed by atoms with Gasteiger partial charge in [0.1, 0.15) is 12.4 Å². The number of aryl methyl sites for hydroxylation is 1. The van der Waals surface area contributed by atoms with Gasteiger partial charge in [-0.3, -0.25) is 9.48 Å². The highest BCUT2D eigenvalue weighted by atomic mass is 19.1. The van der Waals surface area contributed by atoms with Crippen LogP contribution in [0.15, 0.2) is 48.5 Å². The molecule has 1 aliphatic heterocycles. The summed E-state index contributed by atoms with van der Waals surface area (Å²) in [5.74, 6) is -1.34. The highest BCUT2D eigenvalue weighted by molar-refractivity contribution is 5.78. The van der Waals surface area contributed by atoms with Gasteiger partial charge in [0.15, 0.2) is 11.6 Å². The van der Waals surface area contributed by atoms with Crippen molar-refractivity contribution in [2.45, 2.75) is 45.0 Å². The Kier molecular flexibility index (Phi) is 5.85. The molecule has 3 aromatic rings. The Bertz CT molecular complexity index is 1160. The lowest BCUT2D eigenvalue weighted by molar-refractivity contribution is -0.131. The van der Waals surface area contributed by atoms with Crippen LogP contribution in [-0.4, -0.2) is 39.7 Å². The van der Waals surface area contributed by atoms with Crippen LogP contribution >= 0.6 is 0 Å². The number of carbonyl (C=O) groups excluding carboxylic acids is 1. The molecule has 1 N–H and O–H groups in total. The van der Waals surface area contributed by atoms with E-state index in [1.165, 1.54) is 6.07 Å². The Morgan fingerprint density at radius 1 is 1.18 bits per heavy atom. The van der Waals surface area contributed by atoms with Crippen molar-refractivity contribution in [2.24, 2.45) is 0 Å². The minimum absolute atomic E-state index is 0.0109. The fourth-order valence-corrected chi connectivity index (χ4v) is 4.46. The van der Waals surface area contributed by atoms with E-state index < -0.39 is 11.6 Å². The van der Waals surface area contributed by atoms with Gasteiger partial charge in [0, 0.05) is 30.1 Å². The van der Waals surface area contributed by atoms with Crippen LogP contribution in [0.3, 0.4) is 0 Å². The van der Waals surface area contributed by atoms with E-state index in [4.69, 9.17) is 4.74 Å². The molecule has 6 nitrogen and oxygen atoms in total. The molecule has 1 fully saturated rings. The topological polar surface area (TPSA) is 59.4 Å². The summed E-state index contributed by atoms with van der Waals surface area (Å²) in [6.07, 6.45) is 0.698. The first-order valence-electron chi connectivity index (χ1n) is 11.2. The van der Waals surface area contributed by atoms with Gasteiger partial charge >= 0.3 is 0 Å². The van der Waals surface area contributed by atoms with Gasteiger partial charge in [-0.05, 0) is 31.0 Å². The fraction of sp³-hybridized carbons (Fsp3) is 0.360. The van der Waals surface area contributed by atoms with Crippen LogP contribution in [0.1, 0.15) is 34.9 Å². The standard InChI is InChI=1S/C25H26F2N4O2/c1-16-9-19-14-30(7-8-31(19)29-16)24(32)13-28-23-12-20(23)21-10-18(26)11-22(27)25(21)33-15-17-5-3-2-4-6-17/h2-6,9-11,20,23,28H,7-8,12-15H2,1H3/t20-,23+/m0/s1. The Morgan fingerprint density at radius 3 is 2.82 bits per heavy atom. The van der Waals surface area contributed by atoms with Crippen molar-refractivity contribution in [3.05, 3.63) is 82.7 Å². The van der Waals surface area contributed by atoms with E-state index >= 15 is 0 Å². The highest BCUT2D eigenvalue weighted by Crippen LogP contribution is 2.46. The molecule has 0 spiro atoms. The van der Waals surface area contributed by atoms with Gasteiger partial charge in [0.2, 0.25) is 5.91 Å². The first kappa shape index (κ1) is 21.6. The zero-order valence-electron chi connectivity index (χ0n) is 18.4. The third-order valence-corrected chi connectivity index (χ3v) is 6.24. The molecule has 0 saturated heterocycles. The van der Waals surface area contributed by atoms with Crippen LogP contribution in [0.4, 0.5) is 8.78 Å². The number of hydrogen-bond donors (Lipinski definition) is 1. The van der Waals surface area contributed by atoms with Crippen LogP contribution < -0.4 is 10.1 Å². The molecule has 172 valence electrons. The Balaban J connectivity index is 1.20. The minimum Gasteiger partial charge on any atom is -0.486 e. The maximum atomic E-state index is 14.6. The number of halogens is 2. The smallest absolute Gasteiger partial charge is 0.236 e. The number of fused-ring (bicyclic) bond motifs is 1. The first-order chi connectivity index (χ1) is 16.0. The van der Waals surface area contributed by atoms with E-state index in [2.05, 4.69) is 10.4 Å². The summed E-state index contributed by atoms with van der Waals surface area (Å²) >= 11 is 0. The number of aromatic nitrogens is 2. The Morgan fingerprint density at radius 2 is 2.00 bits per heavy atom. The van der Waals surface area contributed by atoms with E-state index in [1.54, 1.807) is 0 Å². The first-order valence-corrected chi connectivity index (χ1v) is 11.2. The number of carbonyl (C=O) groups is 1. The molecule has 2 atom stereocenters. The van der Waals surface area contributed by atoms with Crippen LogP contribution in [0.25, 0.3) is 0 Å². The molecule has 1 aromatic heterocycles. The summed E-state index contributed by atoms with van der Waals surface area (Å²) in [7, 11) is 0. The van der Waals surface area contributed by atoms with Crippen LogP contribution in [0, 0.1) is 18.6 Å². The maximum Gasteiger partial charge on any atom is 0.236 e. The predicted octanol–water partition coefficient (Wildman–Crippen LogP) is 3.54. The molecule has 8 heteroatoms. The maximum absolute atomic E-state index is 14.6. The summed E-state index contributed by atoms with van der Waals surface area (Å²) in [6, 6.07) is 13.6. The van der Waals surface area contributed by atoms with Gasteiger partial charge in [-0.25, -0.2) is 8.78 Å². The molecular weight excluding hydrogens is 426 g/mol. The second-order valence-corrected chi connectivity index (χ2v) is 8.73. The van der Waals surface area contributed by atoms with Crippen molar-refractivity contribution in [3.63, 3.8) is 0 Å². The summed E-state index contributed by atoms with van der Waals surface area (Å²) in [4.78, 5) is 14.5. The van der Waals surface area contributed by atoms with Gasteiger partial charge in [0.25, 0.3) is 0 Å². The van der Waals surface area contributed by atoms with Gasteiger partial charge in [-0.15, -0.1) is 0 Å². The lowest BCUT2D eigenvalue weighted by atomic mass is 10.1. The number of benzene rings is 2. The van der Waals surface area contributed by atoms with Gasteiger partial charge in [-0.1, -0.05) is 30.3 Å². The highest BCUT2D eigenvalue weighted by Gasteiger charge is 2.41. The number of amides is 1. The van der Waals surface area contributed by atoms with Crippen molar-refractivity contribution in [1.29, 1.82) is 0 Å². The van der Waals surface area contributed by atoms with Crippen LogP contribution in [0.5, 0.6) is 5.75 Å². The van der Waals surface area contributed by atoms with E-state index in [9.17, 15) is 13.6 Å². The average Bonchev–Trinajstić information content (AvgIpc) is 3.48. The Hall–Kier alpha value is -3.26. The van der Waals surface area contributed by atoms with Crippen molar-refractivity contribution in [1.82, 2.24) is 20.0 Å². The van der Waals surface area contributed by atoms with E-state index in [-0.39, 0.29) is 36.8 Å². The SMILES string of the molecule is Cc1cc2n(n1)CCN(C(=O)CN[C@@H]1C[C@H]1c1cc(F)cc(F)c1OCc1ccccc1)C2. The van der Waals surface area contributed by atoms with E-state index in [0.717, 1.165) is 23.0 Å². The zero-order chi connectivity index (χ0) is 22.9. The van der Waals surface area contributed by atoms with Crippen LogP contribution in [0.2, 0.25) is 0 Å². The minimum atomic E-state index is -0.706. The molecule has 1 amide bonds.